The minimum Gasteiger partial charge on any atom is -0.368 e. The predicted molar refractivity (Wildman–Crippen MR) is 92.1 cm³/mol. The number of imidazole rings is 1. The Morgan fingerprint density at radius 1 is 1.38 bits per heavy atom. The number of H-pyrrole nitrogens is 1. The van der Waals surface area contributed by atoms with Crippen LogP contribution in [0.5, 0.6) is 0 Å². The quantitative estimate of drug-likeness (QED) is 0.788. The highest BCUT2D eigenvalue weighted by molar-refractivity contribution is 7.15. The molecule has 4 heterocycles. The molecular formula is C16H22N6OS. The van der Waals surface area contributed by atoms with Gasteiger partial charge in [-0.3, -0.25) is 14.4 Å². The third kappa shape index (κ3) is 3.09. The molecule has 3 aromatic rings. The maximum Gasteiger partial charge on any atom is 0.193 e. The molecule has 0 aromatic carbocycles. The van der Waals surface area contributed by atoms with Crippen molar-refractivity contribution in [2.75, 3.05) is 19.7 Å². The van der Waals surface area contributed by atoms with E-state index in [2.05, 4.69) is 56.4 Å². The molecule has 1 saturated heterocycles. The van der Waals surface area contributed by atoms with E-state index >= 15 is 0 Å². The van der Waals surface area contributed by atoms with E-state index in [4.69, 9.17) is 4.74 Å². The molecule has 3 aromatic heterocycles. The van der Waals surface area contributed by atoms with Gasteiger partial charge in [-0.25, -0.2) is 9.97 Å². The number of nitrogens with one attached hydrogen (secondary N) is 1. The van der Waals surface area contributed by atoms with E-state index in [-0.39, 0.29) is 11.5 Å². The summed E-state index contributed by atoms with van der Waals surface area (Å²) in [5.74, 6) is 1.64. The lowest BCUT2D eigenvalue weighted by atomic mass is 9.96. The summed E-state index contributed by atoms with van der Waals surface area (Å²) >= 11 is 1.66. The van der Waals surface area contributed by atoms with Gasteiger partial charge in [-0.1, -0.05) is 20.8 Å². The van der Waals surface area contributed by atoms with Crippen LogP contribution in [0.1, 0.15) is 44.2 Å². The maximum atomic E-state index is 5.90. The lowest BCUT2D eigenvalue weighted by Crippen LogP contribution is -2.38. The van der Waals surface area contributed by atoms with E-state index < -0.39 is 0 Å². The second-order valence-corrected chi connectivity index (χ2v) is 8.09. The van der Waals surface area contributed by atoms with Crippen LogP contribution in [0.4, 0.5) is 0 Å². The number of hydrogen-bond donors (Lipinski definition) is 1. The van der Waals surface area contributed by atoms with Crippen molar-refractivity contribution >= 4 is 16.3 Å². The Hall–Kier alpha value is -1.77. The third-order valence-electron chi connectivity index (χ3n) is 4.16. The molecule has 1 atom stereocenters. The summed E-state index contributed by atoms with van der Waals surface area (Å²) in [4.78, 5) is 12.7. The second-order valence-electron chi connectivity index (χ2n) is 7.21. The molecule has 0 spiro atoms. The zero-order valence-corrected chi connectivity index (χ0v) is 15.0. The van der Waals surface area contributed by atoms with Crippen LogP contribution in [0.15, 0.2) is 17.8 Å². The first-order valence-electron chi connectivity index (χ1n) is 8.17. The van der Waals surface area contributed by atoms with Gasteiger partial charge in [0, 0.05) is 42.8 Å². The fourth-order valence-electron chi connectivity index (χ4n) is 2.85. The van der Waals surface area contributed by atoms with Gasteiger partial charge in [0.15, 0.2) is 16.6 Å². The average Bonchev–Trinajstić information content (AvgIpc) is 3.22. The van der Waals surface area contributed by atoms with Crippen molar-refractivity contribution < 1.29 is 4.74 Å². The predicted octanol–water partition coefficient (Wildman–Crippen LogP) is 2.38. The molecule has 4 rings (SSSR count). The highest BCUT2D eigenvalue weighted by Gasteiger charge is 2.27. The van der Waals surface area contributed by atoms with E-state index in [9.17, 15) is 0 Å². The Bertz CT molecular complexity index is 800. The number of morpholine rings is 1. The molecule has 1 N–H and O–H groups in total. The Balaban J connectivity index is 1.45. The average molecular weight is 346 g/mol. The van der Waals surface area contributed by atoms with Crippen LogP contribution in [-0.2, 0) is 16.7 Å². The summed E-state index contributed by atoms with van der Waals surface area (Å²) < 4.78 is 7.98. The van der Waals surface area contributed by atoms with Crippen molar-refractivity contribution in [2.45, 2.75) is 38.8 Å². The van der Waals surface area contributed by atoms with Crippen LogP contribution in [0.2, 0.25) is 0 Å². The van der Waals surface area contributed by atoms with Crippen LogP contribution >= 0.6 is 11.3 Å². The van der Waals surface area contributed by atoms with Crippen LogP contribution in [-0.4, -0.2) is 49.2 Å². The molecule has 0 aliphatic carbocycles. The lowest BCUT2D eigenvalue weighted by molar-refractivity contribution is -0.0374. The summed E-state index contributed by atoms with van der Waals surface area (Å²) in [6.45, 7) is 9.55. The van der Waals surface area contributed by atoms with E-state index in [1.54, 1.807) is 11.3 Å². The van der Waals surface area contributed by atoms with Crippen molar-refractivity contribution in [1.82, 2.24) is 29.5 Å². The molecule has 0 saturated carbocycles. The maximum absolute atomic E-state index is 5.90. The first-order chi connectivity index (χ1) is 11.5. The third-order valence-corrected chi connectivity index (χ3v) is 4.93. The Labute approximate surface area is 144 Å². The van der Waals surface area contributed by atoms with Gasteiger partial charge in [0.2, 0.25) is 0 Å². The highest BCUT2D eigenvalue weighted by Crippen LogP contribution is 2.24. The van der Waals surface area contributed by atoms with Gasteiger partial charge in [-0.05, 0) is 0 Å². The topological polar surface area (TPSA) is 71.3 Å². The van der Waals surface area contributed by atoms with E-state index in [0.29, 0.717) is 6.61 Å². The molecule has 1 fully saturated rings. The molecule has 0 amide bonds. The fraction of sp³-hybridized carbons (Fsp3) is 0.562. The van der Waals surface area contributed by atoms with Crippen LogP contribution in [0.25, 0.3) is 4.96 Å². The molecule has 1 aliphatic rings. The highest BCUT2D eigenvalue weighted by atomic mass is 32.1. The van der Waals surface area contributed by atoms with Crippen molar-refractivity contribution in [2.24, 2.45) is 0 Å². The SMILES string of the molecule is CC(C)(C)c1n[nH]c([C@H]2CN(Cc3cn4ccsc4n3)CCO2)n1. The monoisotopic (exact) mass is 346 g/mol. The first-order valence-corrected chi connectivity index (χ1v) is 9.05. The number of thiazole rings is 1. The molecule has 24 heavy (non-hydrogen) atoms. The zero-order valence-electron chi connectivity index (χ0n) is 14.2. The van der Waals surface area contributed by atoms with Crippen LogP contribution in [0, 0.1) is 0 Å². The molecule has 1 aliphatic heterocycles. The van der Waals surface area contributed by atoms with E-state index in [1.807, 2.05) is 11.6 Å². The van der Waals surface area contributed by atoms with Crippen molar-refractivity contribution in [3.8, 4) is 0 Å². The first kappa shape index (κ1) is 15.7. The zero-order chi connectivity index (χ0) is 16.7. The minimum absolute atomic E-state index is 0.0638. The van der Waals surface area contributed by atoms with Gasteiger partial charge < -0.3 is 4.74 Å². The molecule has 0 unspecified atom stereocenters. The van der Waals surface area contributed by atoms with Gasteiger partial charge in [0.05, 0.1) is 12.3 Å². The van der Waals surface area contributed by atoms with Crippen molar-refractivity contribution in [3.63, 3.8) is 0 Å². The minimum atomic E-state index is -0.0642. The number of aromatic nitrogens is 5. The molecule has 0 bridgehead atoms. The van der Waals surface area contributed by atoms with Crippen molar-refractivity contribution in [1.29, 1.82) is 0 Å². The Kier molecular flexibility index (Phi) is 3.90. The molecule has 7 nitrogen and oxygen atoms in total. The number of nitrogens with zero attached hydrogens (tertiary/aromatic N) is 5. The number of rotatable bonds is 3. The molecule has 8 heteroatoms. The molecular weight excluding hydrogens is 324 g/mol. The summed E-state index contributed by atoms with van der Waals surface area (Å²) in [5, 5.41) is 9.45. The van der Waals surface area contributed by atoms with Crippen LogP contribution in [0.3, 0.4) is 0 Å². The van der Waals surface area contributed by atoms with Crippen LogP contribution < -0.4 is 0 Å². The molecule has 128 valence electrons. The Morgan fingerprint density at radius 2 is 2.25 bits per heavy atom. The summed E-state index contributed by atoms with van der Waals surface area (Å²) in [6, 6.07) is 0. The van der Waals surface area contributed by atoms with Gasteiger partial charge in [-0.15, -0.1) is 11.3 Å². The summed E-state index contributed by atoms with van der Waals surface area (Å²) in [5.41, 5.74) is 1.03. The van der Waals surface area contributed by atoms with Gasteiger partial charge in [0.1, 0.15) is 6.10 Å². The van der Waals surface area contributed by atoms with Gasteiger partial charge >= 0.3 is 0 Å². The summed E-state index contributed by atoms with van der Waals surface area (Å²) in [6.07, 6.45) is 4.08. The second kappa shape index (κ2) is 5.94. The number of hydrogen-bond acceptors (Lipinski definition) is 6. The smallest absolute Gasteiger partial charge is 0.193 e. The van der Waals surface area contributed by atoms with Crippen molar-refractivity contribution in [3.05, 3.63) is 35.1 Å². The standard InChI is InChI=1S/C16H22N6OS/c1-16(2,3)14-18-13(19-20-14)12-10-21(4-6-23-12)8-11-9-22-5-7-24-15(22)17-11/h5,7,9,12H,4,6,8,10H2,1-3H3,(H,18,19,20)/t12-/m1/s1. The largest absolute Gasteiger partial charge is 0.368 e. The molecule has 0 radical (unpaired) electrons. The fourth-order valence-corrected chi connectivity index (χ4v) is 3.57. The van der Waals surface area contributed by atoms with Gasteiger partial charge in [-0.2, -0.15) is 5.10 Å². The number of ether oxygens (including phenoxy) is 1. The number of fused-ring (bicyclic) bond motifs is 1. The normalized spacial score (nSPS) is 20.0. The van der Waals surface area contributed by atoms with E-state index in [0.717, 1.165) is 41.9 Å². The summed E-state index contributed by atoms with van der Waals surface area (Å²) in [7, 11) is 0. The van der Waals surface area contributed by atoms with E-state index in [1.165, 1.54) is 0 Å². The lowest BCUT2D eigenvalue weighted by Gasteiger charge is -2.31. The van der Waals surface area contributed by atoms with Gasteiger partial charge in [0.25, 0.3) is 0 Å². The number of aromatic amines is 1. The Morgan fingerprint density at radius 3 is 3.00 bits per heavy atom.